The summed E-state index contributed by atoms with van der Waals surface area (Å²) in [5, 5.41) is 5.50. The summed E-state index contributed by atoms with van der Waals surface area (Å²) in [6.07, 6.45) is 3.89. The van der Waals surface area contributed by atoms with Gasteiger partial charge >= 0.3 is 0 Å². The molecule has 1 aromatic carbocycles. The molecule has 2 aliphatic rings. The lowest BCUT2D eigenvalue weighted by Crippen LogP contribution is -2.39. The topological polar surface area (TPSA) is 116 Å². The zero-order valence-corrected chi connectivity index (χ0v) is 20.4. The molecule has 2 aliphatic heterocycles. The van der Waals surface area contributed by atoms with Crippen molar-refractivity contribution in [3.05, 3.63) is 52.3 Å². The molecule has 2 aromatic rings. The summed E-state index contributed by atoms with van der Waals surface area (Å²) >= 11 is 0. The number of fused-ring (bicyclic) bond motifs is 1. The smallest absolute Gasteiger partial charge is 0.258 e. The normalized spacial score (nSPS) is 17.9. The SMILES string of the molecule is C=C(OCCCC)c1ccc(NC(=O)[C@H]2CC(=O)Nc3nc(N4CCC(C)CC4)[nH]c(=O)c32)cc1. The van der Waals surface area contributed by atoms with Gasteiger partial charge in [-0.3, -0.25) is 19.4 Å². The van der Waals surface area contributed by atoms with Crippen molar-refractivity contribution in [2.24, 2.45) is 5.92 Å². The maximum Gasteiger partial charge on any atom is 0.258 e. The van der Waals surface area contributed by atoms with Gasteiger partial charge in [0.05, 0.1) is 18.1 Å². The molecule has 9 heteroatoms. The van der Waals surface area contributed by atoms with Gasteiger partial charge in [0.15, 0.2) is 0 Å². The van der Waals surface area contributed by atoms with Crippen molar-refractivity contribution < 1.29 is 14.3 Å². The summed E-state index contributed by atoms with van der Waals surface area (Å²) in [5.41, 5.74) is 1.16. The molecule has 3 N–H and O–H groups in total. The van der Waals surface area contributed by atoms with Gasteiger partial charge in [0.2, 0.25) is 17.8 Å². The number of unbranched alkanes of at least 4 members (excludes halogenated alkanes) is 1. The summed E-state index contributed by atoms with van der Waals surface area (Å²) in [6, 6.07) is 7.11. The van der Waals surface area contributed by atoms with Crippen LogP contribution >= 0.6 is 0 Å². The van der Waals surface area contributed by atoms with E-state index in [-0.39, 0.29) is 23.7 Å². The van der Waals surface area contributed by atoms with Crippen LogP contribution in [-0.4, -0.2) is 41.5 Å². The van der Waals surface area contributed by atoms with Crippen LogP contribution in [0.1, 0.15) is 63.0 Å². The Kier molecular flexibility index (Phi) is 7.53. The molecule has 9 nitrogen and oxygen atoms in total. The van der Waals surface area contributed by atoms with E-state index in [1.54, 1.807) is 12.1 Å². The van der Waals surface area contributed by atoms with Crippen LogP contribution in [0.15, 0.2) is 35.6 Å². The molecule has 0 unspecified atom stereocenters. The summed E-state index contributed by atoms with van der Waals surface area (Å²) in [7, 11) is 0. The quantitative estimate of drug-likeness (QED) is 0.391. The highest BCUT2D eigenvalue weighted by Crippen LogP contribution is 2.31. The molecule has 0 saturated carbocycles. The lowest BCUT2D eigenvalue weighted by Gasteiger charge is -2.31. The second-order valence-electron chi connectivity index (χ2n) is 9.32. The first-order chi connectivity index (χ1) is 16.9. The standard InChI is InChI=1S/C26H33N5O4/c1-4-5-14-35-17(3)18-6-8-19(9-7-18)27-24(33)20-15-21(32)28-23-22(20)25(34)30-26(29-23)31-12-10-16(2)11-13-31/h6-9,16,20H,3-5,10-15H2,1-2H3,(H,27,33)(H2,28,29,30,32,34)/t20-/m0/s1. The van der Waals surface area contributed by atoms with Crippen LogP contribution in [0.3, 0.4) is 0 Å². The summed E-state index contributed by atoms with van der Waals surface area (Å²) in [4.78, 5) is 47.9. The van der Waals surface area contributed by atoms with Gasteiger partial charge in [-0.15, -0.1) is 0 Å². The molecular weight excluding hydrogens is 446 g/mol. The predicted molar refractivity (Wildman–Crippen MR) is 136 cm³/mol. The molecule has 3 heterocycles. The van der Waals surface area contributed by atoms with E-state index in [2.05, 4.69) is 41.0 Å². The Balaban J connectivity index is 1.49. The van der Waals surface area contributed by atoms with E-state index in [0.29, 0.717) is 29.9 Å². The number of nitrogens with one attached hydrogen (secondary N) is 3. The molecule has 1 fully saturated rings. The number of carbonyl (C=O) groups is 2. The Bertz CT molecular complexity index is 1150. The molecule has 0 radical (unpaired) electrons. The van der Waals surface area contributed by atoms with Crippen molar-refractivity contribution in [1.29, 1.82) is 0 Å². The monoisotopic (exact) mass is 479 g/mol. The Hall–Kier alpha value is -3.62. The number of piperidine rings is 1. The van der Waals surface area contributed by atoms with Gasteiger partial charge in [0.1, 0.15) is 11.6 Å². The van der Waals surface area contributed by atoms with Crippen LogP contribution in [-0.2, 0) is 14.3 Å². The first-order valence-electron chi connectivity index (χ1n) is 12.3. The molecule has 2 amide bonds. The number of amides is 2. The second-order valence-corrected chi connectivity index (χ2v) is 9.32. The molecule has 0 aliphatic carbocycles. The summed E-state index contributed by atoms with van der Waals surface area (Å²) in [5.74, 6) is 0.0875. The highest BCUT2D eigenvalue weighted by atomic mass is 16.5. The van der Waals surface area contributed by atoms with Crippen molar-refractivity contribution in [2.75, 3.05) is 35.2 Å². The third-order valence-corrected chi connectivity index (χ3v) is 6.59. The first kappa shape index (κ1) is 24.5. The largest absolute Gasteiger partial charge is 0.494 e. The van der Waals surface area contributed by atoms with Crippen LogP contribution in [0.4, 0.5) is 17.5 Å². The number of aromatic nitrogens is 2. The van der Waals surface area contributed by atoms with E-state index in [0.717, 1.165) is 44.3 Å². The van der Waals surface area contributed by atoms with Crippen LogP contribution in [0.5, 0.6) is 0 Å². The lowest BCUT2D eigenvalue weighted by atomic mass is 9.92. The van der Waals surface area contributed by atoms with Gasteiger partial charge in [-0.05, 0) is 49.4 Å². The molecule has 1 atom stereocenters. The highest BCUT2D eigenvalue weighted by Gasteiger charge is 2.35. The van der Waals surface area contributed by atoms with E-state index in [1.165, 1.54) is 0 Å². The molecule has 186 valence electrons. The third kappa shape index (κ3) is 5.72. The maximum absolute atomic E-state index is 13.1. The van der Waals surface area contributed by atoms with Crippen molar-refractivity contribution in [3.8, 4) is 0 Å². The Labute approximate surface area is 205 Å². The van der Waals surface area contributed by atoms with Crippen LogP contribution < -0.4 is 21.1 Å². The number of carbonyl (C=O) groups excluding carboxylic acids is 2. The van der Waals surface area contributed by atoms with Gasteiger partial charge in [-0.2, -0.15) is 4.98 Å². The average molecular weight is 480 g/mol. The Morgan fingerprint density at radius 2 is 1.94 bits per heavy atom. The van der Waals surface area contributed by atoms with E-state index in [1.807, 2.05) is 17.0 Å². The number of aromatic amines is 1. The Morgan fingerprint density at radius 3 is 2.63 bits per heavy atom. The molecular formula is C26H33N5O4. The number of H-pyrrole nitrogens is 1. The van der Waals surface area contributed by atoms with Crippen molar-refractivity contribution in [2.45, 2.75) is 51.9 Å². The van der Waals surface area contributed by atoms with E-state index in [4.69, 9.17) is 4.74 Å². The molecule has 4 rings (SSSR count). The average Bonchev–Trinajstić information content (AvgIpc) is 2.84. The van der Waals surface area contributed by atoms with Crippen LogP contribution in [0.2, 0.25) is 0 Å². The number of anilines is 3. The first-order valence-corrected chi connectivity index (χ1v) is 12.3. The predicted octanol–water partition coefficient (Wildman–Crippen LogP) is 3.86. The second kappa shape index (κ2) is 10.8. The number of hydrogen-bond acceptors (Lipinski definition) is 6. The minimum Gasteiger partial charge on any atom is -0.494 e. The fourth-order valence-electron chi connectivity index (χ4n) is 4.35. The highest BCUT2D eigenvalue weighted by molar-refractivity contribution is 6.04. The summed E-state index contributed by atoms with van der Waals surface area (Å²) in [6.45, 7) is 10.4. The van der Waals surface area contributed by atoms with Crippen LogP contribution in [0.25, 0.3) is 5.76 Å². The number of hydrogen-bond donors (Lipinski definition) is 3. The molecule has 1 saturated heterocycles. The van der Waals surface area contributed by atoms with Crippen molar-refractivity contribution >= 4 is 35.0 Å². The molecule has 0 bridgehead atoms. The fraction of sp³-hybridized carbons (Fsp3) is 0.462. The number of nitrogens with zero attached hydrogens (tertiary/aromatic N) is 2. The van der Waals surface area contributed by atoms with Crippen molar-refractivity contribution in [3.63, 3.8) is 0 Å². The van der Waals surface area contributed by atoms with Gasteiger partial charge in [0, 0.05) is 30.8 Å². The lowest BCUT2D eigenvalue weighted by molar-refractivity contribution is -0.123. The molecule has 35 heavy (non-hydrogen) atoms. The molecule has 1 aromatic heterocycles. The van der Waals surface area contributed by atoms with Crippen molar-refractivity contribution in [1.82, 2.24) is 9.97 Å². The van der Waals surface area contributed by atoms with Gasteiger partial charge in [0.25, 0.3) is 5.56 Å². The number of benzene rings is 1. The number of rotatable bonds is 8. The van der Waals surface area contributed by atoms with E-state index < -0.39 is 17.4 Å². The van der Waals surface area contributed by atoms with E-state index in [9.17, 15) is 14.4 Å². The fourth-order valence-corrected chi connectivity index (χ4v) is 4.35. The van der Waals surface area contributed by atoms with Gasteiger partial charge < -0.3 is 20.3 Å². The Morgan fingerprint density at radius 1 is 1.23 bits per heavy atom. The third-order valence-electron chi connectivity index (χ3n) is 6.59. The minimum absolute atomic E-state index is 0.121. The number of ether oxygens (including phenoxy) is 1. The van der Waals surface area contributed by atoms with Gasteiger partial charge in [-0.1, -0.05) is 26.8 Å². The van der Waals surface area contributed by atoms with Gasteiger partial charge in [-0.25, -0.2) is 0 Å². The summed E-state index contributed by atoms with van der Waals surface area (Å²) < 4.78 is 5.63. The zero-order chi connectivity index (χ0) is 24.9. The minimum atomic E-state index is -0.933. The maximum atomic E-state index is 13.1. The van der Waals surface area contributed by atoms with Crippen LogP contribution in [0, 0.1) is 5.92 Å². The zero-order valence-electron chi connectivity index (χ0n) is 20.4. The van der Waals surface area contributed by atoms with E-state index >= 15 is 0 Å². The molecule has 0 spiro atoms.